The van der Waals surface area contributed by atoms with Crippen LogP contribution in [-0.4, -0.2) is 20.6 Å². The number of nitrogens with two attached hydrogens (primary N) is 1. The van der Waals surface area contributed by atoms with Crippen LogP contribution in [0.2, 0.25) is 0 Å². The normalized spacial score (nSPS) is 12.4. The van der Waals surface area contributed by atoms with Gasteiger partial charge in [0.1, 0.15) is 6.04 Å². The van der Waals surface area contributed by atoms with E-state index in [1.165, 1.54) is 0 Å². The lowest BCUT2D eigenvalue weighted by atomic mass is 10.1. The average molecular weight is 296 g/mol. The highest BCUT2D eigenvalue weighted by Gasteiger charge is 2.15. The van der Waals surface area contributed by atoms with E-state index in [0.717, 1.165) is 10.2 Å². The molecular weight excluding hydrogens is 286 g/mol. The van der Waals surface area contributed by atoms with E-state index >= 15 is 0 Å². The van der Waals surface area contributed by atoms with Gasteiger partial charge in [0.05, 0.1) is 12.0 Å². The molecule has 0 fully saturated rings. The number of carbonyl (C=O) groups is 1. The van der Waals surface area contributed by atoms with Crippen molar-refractivity contribution in [1.82, 2.24) is 9.55 Å². The Kier molecular flexibility index (Phi) is 3.26. The van der Waals surface area contributed by atoms with Gasteiger partial charge >= 0.3 is 5.97 Å². The summed E-state index contributed by atoms with van der Waals surface area (Å²) in [6.45, 7) is 0. The number of benzene rings is 1. The summed E-state index contributed by atoms with van der Waals surface area (Å²) >= 11 is 3.39. The molecule has 6 heteroatoms. The summed E-state index contributed by atoms with van der Waals surface area (Å²) in [5.41, 5.74) is 6.96. The SMILES string of the molecule is NC(C(=O)O)c1ccc(-n2ccnc2)c(Br)c1. The van der Waals surface area contributed by atoms with Crippen LogP contribution in [0.5, 0.6) is 0 Å². The highest BCUT2D eigenvalue weighted by Crippen LogP contribution is 2.24. The number of rotatable bonds is 3. The molecule has 0 saturated carbocycles. The Morgan fingerprint density at radius 2 is 2.29 bits per heavy atom. The molecule has 0 saturated heterocycles. The van der Waals surface area contributed by atoms with E-state index in [1.807, 2.05) is 4.57 Å². The van der Waals surface area contributed by atoms with E-state index in [-0.39, 0.29) is 0 Å². The largest absolute Gasteiger partial charge is 0.480 e. The molecule has 0 spiro atoms. The van der Waals surface area contributed by atoms with Crippen LogP contribution in [0.15, 0.2) is 41.4 Å². The van der Waals surface area contributed by atoms with Crippen molar-refractivity contribution in [1.29, 1.82) is 0 Å². The molecule has 0 aliphatic rings. The van der Waals surface area contributed by atoms with Gasteiger partial charge in [-0.25, -0.2) is 4.98 Å². The van der Waals surface area contributed by atoms with E-state index < -0.39 is 12.0 Å². The zero-order valence-electron chi connectivity index (χ0n) is 8.75. The lowest BCUT2D eigenvalue weighted by molar-refractivity contribution is -0.138. The molecule has 5 nitrogen and oxygen atoms in total. The molecular formula is C11H10BrN3O2. The topological polar surface area (TPSA) is 81.1 Å². The van der Waals surface area contributed by atoms with E-state index in [1.54, 1.807) is 36.9 Å². The third-order valence-electron chi connectivity index (χ3n) is 2.38. The molecule has 0 aliphatic carbocycles. The summed E-state index contributed by atoms with van der Waals surface area (Å²) < 4.78 is 2.59. The van der Waals surface area contributed by atoms with Crippen molar-refractivity contribution in [3.05, 3.63) is 47.0 Å². The molecule has 3 N–H and O–H groups in total. The summed E-state index contributed by atoms with van der Waals surface area (Å²) in [5.74, 6) is -1.05. The second kappa shape index (κ2) is 4.68. The molecule has 0 amide bonds. The van der Waals surface area contributed by atoms with Crippen molar-refractivity contribution < 1.29 is 9.90 Å². The van der Waals surface area contributed by atoms with Crippen LogP contribution in [0.3, 0.4) is 0 Å². The molecule has 88 valence electrons. The fourth-order valence-electron chi connectivity index (χ4n) is 1.47. The van der Waals surface area contributed by atoms with Crippen molar-refractivity contribution in [2.45, 2.75) is 6.04 Å². The molecule has 17 heavy (non-hydrogen) atoms. The van der Waals surface area contributed by atoms with Gasteiger partial charge in [-0.3, -0.25) is 4.79 Å². The van der Waals surface area contributed by atoms with Crippen LogP contribution in [0.4, 0.5) is 0 Å². The van der Waals surface area contributed by atoms with Gasteiger partial charge in [-0.05, 0) is 33.6 Å². The van der Waals surface area contributed by atoms with Gasteiger partial charge in [0, 0.05) is 16.9 Å². The van der Waals surface area contributed by atoms with Crippen LogP contribution in [0, 0.1) is 0 Å². The maximum absolute atomic E-state index is 10.8. The van der Waals surface area contributed by atoms with Crippen LogP contribution in [-0.2, 0) is 4.79 Å². The number of imidazole rings is 1. The van der Waals surface area contributed by atoms with Gasteiger partial charge in [-0.15, -0.1) is 0 Å². The number of aromatic nitrogens is 2. The molecule has 1 heterocycles. The summed E-state index contributed by atoms with van der Waals surface area (Å²) in [5, 5.41) is 8.82. The Morgan fingerprint density at radius 3 is 2.82 bits per heavy atom. The first-order chi connectivity index (χ1) is 8.09. The van der Waals surface area contributed by atoms with E-state index in [4.69, 9.17) is 10.8 Å². The summed E-state index contributed by atoms with van der Waals surface area (Å²) in [4.78, 5) is 14.7. The molecule has 0 aliphatic heterocycles. The molecule has 2 aromatic rings. The van der Waals surface area contributed by atoms with Gasteiger partial charge < -0.3 is 15.4 Å². The first-order valence-electron chi connectivity index (χ1n) is 4.86. The molecule has 2 rings (SSSR count). The Labute approximate surface area is 106 Å². The van der Waals surface area contributed by atoms with Gasteiger partial charge in [0.15, 0.2) is 0 Å². The molecule has 1 unspecified atom stereocenters. The number of hydrogen-bond donors (Lipinski definition) is 2. The van der Waals surface area contributed by atoms with Crippen LogP contribution < -0.4 is 5.73 Å². The zero-order chi connectivity index (χ0) is 12.4. The lowest BCUT2D eigenvalue weighted by Gasteiger charge is -2.10. The second-order valence-corrected chi connectivity index (χ2v) is 4.35. The molecule has 0 radical (unpaired) electrons. The third-order valence-corrected chi connectivity index (χ3v) is 3.01. The predicted octanol–water partition coefficient (Wildman–Crippen LogP) is 1.72. The Morgan fingerprint density at radius 1 is 1.53 bits per heavy atom. The fourth-order valence-corrected chi connectivity index (χ4v) is 2.07. The summed E-state index contributed by atoms with van der Waals surface area (Å²) in [6, 6.07) is 4.18. The number of carboxylic acids is 1. The van der Waals surface area contributed by atoms with Crippen LogP contribution in [0.1, 0.15) is 11.6 Å². The quantitative estimate of drug-likeness (QED) is 0.903. The highest BCUT2D eigenvalue weighted by atomic mass is 79.9. The average Bonchev–Trinajstić information content (AvgIpc) is 2.81. The smallest absolute Gasteiger partial charge is 0.325 e. The van der Waals surface area contributed by atoms with Crippen molar-refractivity contribution in [2.75, 3.05) is 0 Å². The molecule has 1 atom stereocenters. The minimum atomic E-state index is -1.05. The van der Waals surface area contributed by atoms with Gasteiger partial charge in [0.25, 0.3) is 0 Å². The van der Waals surface area contributed by atoms with E-state index in [2.05, 4.69) is 20.9 Å². The maximum atomic E-state index is 10.8. The summed E-state index contributed by atoms with van der Waals surface area (Å²) in [7, 11) is 0. The number of halogens is 1. The molecule has 1 aromatic carbocycles. The Balaban J connectivity index is 2.39. The zero-order valence-corrected chi connectivity index (χ0v) is 10.3. The standard InChI is InChI=1S/C11H10BrN3O2/c12-8-5-7(10(13)11(16)17)1-2-9(8)15-4-3-14-6-15/h1-6,10H,13H2,(H,16,17). The predicted molar refractivity (Wildman–Crippen MR) is 65.8 cm³/mol. The third kappa shape index (κ3) is 2.37. The lowest BCUT2D eigenvalue weighted by Crippen LogP contribution is -2.20. The van der Waals surface area contributed by atoms with Crippen molar-refractivity contribution in [3.63, 3.8) is 0 Å². The van der Waals surface area contributed by atoms with Gasteiger partial charge in [-0.2, -0.15) is 0 Å². The van der Waals surface area contributed by atoms with Gasteiger partial charge in [-0.1, -0.05) is 6.07 Å². The Hall–Kier alpha value is -1.66. The van der Waals surface area contributed by atoms with Crippen molar-refractivity contribution in [3.8, 4) is 5.69 Å². The monoisotopic (exact) mass is 295 g/mol. The van der Waals surface area contributed by atoms with Crippen LogP contribution >= 0.6 is 15.9 Å². The first-order valence-corrected chi connectivity index (χ1v) is 5.65. The van der Waals surface area contributed by atoms with Crippen molar-refractivity contribution >= 4 is 21.9 Å². The fraction of sp³-hybridized carbons (Fsp3) is 0.0909. The molecule has 1 aromatic heterocycles. The number of hydrogen-bond acceptors (Lipinski definition) is 3. The number of carboxylic acid groups (broad SMARTS) is 1. The number of nitrogens with zero attached hydrogens (tertiary/aromatic N) is 2. The summed E-state index contributed by atoms with van der Waals surface area (Å²) in [6.07, 6.45) is 5.14. The number of aliphatic carboxylic acids is 1. The highest BCUT2D eigenvalue weighted by molar-refractivity contribution is 9.10. The minimum Gasteiger partial charge on any atom is -0.480 e. The maximum Gasteiger partial charge on any atom is 0.325 e. The van der Waals surface area contributed by atoms with Gasteiger partial charge in [0.2, 0.25) is 0 Å². The van der Waals surface area contributed by atoms with Crippen LogP contribution in [0.25, 0.3) is 5.69 Å². The second-order valence-electron chi connectivity index (χ2n) is 3.50. The molecule has 0 bridgehead atoms. The van der Waals surface area contributed by atoms with E-state index in [0.29, 0.717) is 5.56 Å². The first kappa shape index (κ1) is 11.8. The van der Waals surface area contributed by atoms with Crippen molar-refractivity contribution in [2.24, 2.45) is 5.73 Å². The van der Waals surface area contributed by atoms with E-state index in [9.17, 15) is 4.79 Å². The minimum absolute atomic E-state index is 0.549. The Bertz CT molecular complexity index is 540.